The Balaban J connectivity index is 0.00000247. The molecule has 1 aliphatic carbocycles. The van der Waals surface area contributed by atoms with E-state index in [2.05, 4.69) is 30.2 Å². The number of piperazine rings is 1. The smallest absolute Gasteiger partial charge is 0.415 e. The van der Waals surface area contributed by atoms with Gasteiger partial charge in [0, 0.05) is 62.3 Å². The quantitative estimate of drug-likeness (QED) is 0.400. The molecule has 38 heavy (non-hydrogen) atoms. The van der Waals surface area contributed by atoms with E-state index in [-0.39, 0.29) is 35.9 Å². The van der Waals surface area contributed by atoms with Crippen molar-refractivity contribution in [1.29, 1.82) is 0 Å². The van der Waals surface area contributed by atoms with Gasteiger partial charge in [0.1, 0.15) is 5.60 Å². The molecule has 2 heterocycles. The number of ketones is 1. The first-order chi connectivity index (χ1) is 17.5. The predicted octanol–water partition coefficient (Wildman–Crippen LogP) is 6.14. The molecular weight excluding hydrogens is 495 g/mol. The first kappa shape index (κ1) is 32.1. The van der Waals surface area contributed by atoms with Gasteiger partial charge in [-0.25, -0.2) is 4.79 Å². The van der Waals surface area contributed by atoms with Crippen molar-refractivity contribution in [3.8, 4) is 0 Å². The van der Waals surface area contributed by atoms with Gasteiger partial charge in [-0.15, -0.1) is 0 Å². The molecule has 0 saturated carbocycles. The van der Waals surface area contributed by atoms with Gasteiger partial charge in [0.05, 0.1) is 0 Å². The molecule has 3 aliphatic rings. The monoisotopic (exact) mass is 541 g/mol. The normalized spacial score (nSPS) is 25.4. The van der Waals surface area contributed by atoms with E-state index < -0.39 is 17.4 Å². The largest absolute Gasteiger partial charge is 0.444 e. The fourth-order valence-corrected chi connectivity index (χ4v) is 5.41. The zero-order chi connectivity index (χ0) is 29.1. The Hall–Kier alpha value is -2.13. The first-order valence-electron chi connectivity index (χ1n) is 13.7. The van der Waals surface area contributed by atoms with Crippen LogP contribution in [0.4, 0.5) is 18.0 Å². The third kappa shape index (κ3) is 7.72. The second kappa shape index (κ2) is 12.4. The van der Waals surface area contributed by atoms with Gasteiger partial charge in [0.2, 0.25) is 0 Å². The summed E-state index contributed by atoms with van der Waals surface area (Å²) in [5.74, 6) is -0.0200. The second-order valence-corrected chi connectivity index (χ2v) is 11.6. The average Bonchev–Trinajstić information content (AvgIpc) is 3.10. The Morgan fingerprint density at radius 3 is 2.18 bits per heavy atom. The van der Waals surface area contributed by atoms with Gasteiger partial charge in [-0.1, -0.05) is 32.6 Å². The minimum Gasteiger partial charge on any atom is -0.444 e. The summed E-state index contributed by atoms with van der Waals surface area (Å²) in [5.41, 5.74) is -0.315. The van der Waals surface area contributed by atoms with Crippen molar-refractivity contribution in [3.05, 3.63) is 35.5 Å². The minimum absolute atomic E-state index is 0.0200. The maximum Gasteiger partial charge on any atom is 0.415 e. The van der Waals surface area contributed by atoms with E-state index in [1.54, 1.807) is 11.8 Å². The molecule has 2 saturated heterocycles. The highest BCUT2D eigenvalue weighted by molar-refractivity contribution is 6.00. The van der Waals surface area contributed by atoms with Crippen LogP contribution in [0.3, 0.4) is 0 Å². The Kier molecular flexibility index (Phi) is 10.4. The molecule has 0 aromatic rings. The number of ether oxygens (including phenoxy) is 1. The Labute approximate surface area is 226 Å². The van der Waals surface area contributed by atoms with Gasteiger partial charge in [0.25, 0.3) is 0 Å². The highest BCUT2D eigenvalue weighted by Gasteiger charge is 2.43. The number of carbonyl (C=O) groups is 2. The summed E-state index contributed by atoms with van der Waals surface area (Å²) in [7, 11) is 0. The van der Waals surface area contributed by atoms with Crippen molar-refractivity contribution in [3.63, 3.8) is 0 Å². The van der Waals surface area contributed by atoms with Crippen LogP contribution in [0, 0.1) is 0 Å². The number of hydrogen-bond donors (Lipinski definition) is 0. The van der Waals surface area contributed by atoms with Crippen molar-refractivity contribution in [2.75, 3.05) is 32.7 Å². The number of nitrogens with zero attached hydrogens (tertiary/aromatic N) is 3. The lowest BCUT2D eigenvalue weighted by molar-refractivity contribution is -0.116. The lowest BCUT2D eigenvalue weighted by atomic mass is 9.86. The molecule has 0 spiro atoms. The number of likely N-dealkylation sites (tertiary alicyclic amines) is 1. The van der Waals surface area contributed by atoms with Gasteiger partial charge >= 0.3 is 12.3 Å². The predicted molar refractivity (Wildman–Crippen MR) is 145 cm³/mol. The molecule has 2 atom stereocenters. The first-order valence-corrected chi connectivity index (χ1v) is 13.7. The van der Waals surface area contributed by atoms with Crippen LogP contribution in [0.25, 0.3) is 0 Å². The summed E-state index contributed by atoms with van der Waals surface area (Å²) in [4.78, 5) is 31.5. The summed E-state index contributed by atoms with van der Waals surface area (Å²) in [6.45, 7) is 22.3. The highest BCUT2D eigenvalue weighted by atomic mass is 19.4. The second-order valence-electron chi connectivity index (χ2n) is 11.6. The molecule has 2 aliphatic heterocycles. The van der Waals surface area contributed by atoms with Crippen LogP contribution in [0.15, 0.2) is 35.5 Å². The van der Waals surface area contributed by atoms with E-state index in [4.69, 9.17) is 4.74 Å². The van der Waals surface area contributed by atoms with Crippen LogP contribution in [0.5, 0.6) is 0 Å². The summed E-state index contributed by atoms with van der Waals surface area (Å²) in [5, 5.41) is 0. The molecule has 1 amide bonds. The third-order valence-electron chi connectivity index (χ3n) is 7.75. The number of halogens is 3. The summed E-state index contributed by atoms with van der Waals surface area (Å²) < 4.78 is 44.3. The van der Waals surface area contributed by atoms with Gasteiger partial charge < -0.3 is 9.64 Å². The van der Waals surface area contributed by atoms with Crippen LogP contribution in [0.1, 0.15) is 74.7 Å². The van der Waals surface area contributed by atoms with Crippen LogP contribution in [0.2, 0.25) is 0 Å². The zero-order valence-corrected chi connectivity index (χ0v) is 24.4. The number of rotatable bonds is 4. The molecule has 0 N–H and O–H groups in total. The molecule has 0 aromatic carbocycles. The average molecular weight is 542 g/mol. The maximum atomic E-state index is 12.9. The van der Waals surface area contributed by atoms with Crippen molar-refractivity contribution < 1.29 is 27.5 Å². The number of Topliss-reactive ketones (excluding diaryl/α,β-unsaturated/α-hetero) is 1. The lowest BCUT2D eigenvalue weighted by Crippen LogP contribution is -2.63. The molecule has 0 bridgehead atoms. The van der Waals surface area contributed by atoms with E-state index in [1.807, 2.05) is 34.6 Å². The number of amides is 1. The Morgan fingerprint density at radius 2 is 1.68 bits per heavy atom. The van der Waals surface area contributed by atoms with Gasteiger partial charge in [-0.05, 0) is 65.5 Å². The maximum absolute atomic E-state index is 12.9. The molecule has 2 unspecified atom stereocenters. The molecule has 3 rings (SSSR count). The number of carbonyl (C=O) groups excluding carboxylic acids is 2. The topological polar surface area (TPSA) is 53.1 Å². The third-order valence-corrected chi connectivity index (χ3v) is 7.75. The SMILES string of the molecule is C=C(/C=C\C1=C(C)C(=O)CC1N1CCN(C2(C)CCN(C(=O)OC(C)(C)C)CC2)CC1C)C(F)(F)F.CC. The lowest BCUT2D eigenvalue weighted by Gasteiger charge is -2.52. The van der Waals surface area contributed by atoms with E-state index in [0.717, 1.165) is 38.6 Å². The van der Waals surface area contributed by atoms with Crippen molar-refractivity contribution in [2.24, 2.45) is 0 Å². The molecule has 0 radical (unpaired) electrons. The van der Waals surface area contributed by atoms with Crippen LogP contribution in [-0.2, 0) is 9.53 Å². The van der Waals surface area contributed by atoms with Crippen LogP contribution < -0.4 is 0 Å². The van der Waals surface area contributed by atoms with Crippen molar-refractivity contribution in [1.82, 2.24) is 14.7 Å². The molecule has 2 fully saturated rings. The summed E-state index contributed by atoms with van der Waals surface area (Å²) in [6, 6.07) is -0.105. The highest BCUT2D eigenvalue weighted by Crippen LogP contribution is 2.36. The fraction of sp³-hybridized carbons (Fsp3) is 0.724. The summed E-state index contributed by atoms with van der Waals surface area (Å²) >= 11 is 0. The van der Waals surface area contributed by atoms with Gasteiger partial charge in [-0.2, -0.15) is 13.2 Å². The van der Waals surface area contributed by atoms with E-state index in [0.29, 0.717) is 24.2 Å². The molecule has 0 aromatic heterocycles. The van der Waals surface area contributed by atoms with Gasteiger partial charge in [-0.3, -0.25) is 14.6 Å². The molecule has 9 heteroatoms. The Morgan fingerprint density at radius 1 is 1.11 bits per heavy atom. The standard InChI is InChI=1S/C27H40F3N3O3.C2H6/c1-18(27(28,29)30)8-9-21-20(3)23(34)16-22(21)33-15-14-32(17-19(33)2)26(7)10-12-31(13-11-26)24(35)36-25(4,5)6;1-2/h8-9,19,22H,1,10-17H2,2-7H3;1-2H3/b9-8-;. The minimum atomic E-state index is -4.49. The van der Waals surface area contributed by atoms with E-state index in [1.165, 1.54) is 6.08 Å². The number of alkyl halides is 3. The Bertz CT molecular complexity index is 941. The fourth-order valence-electron chi connectivity index (χ4n) is 5.41. The molecule has 6 nitrogen and oxygen atoms in total. The van der Waals surface area contributed by atoms with E-state index >= 15 is 0 Å². The van der Waals surface area contributed by atoms with E-state index in [9.17, 15) is 22.8 Å². The summed E-state index contributed by atoms with van der Waals surface area (Å²) in [6.07, 6.45) is -0.392. The zero-order valence-electron chi connectivity index (χ0n) is 24.4. The van der Waals surface area contributed by atoms with Crippen LogP contribution >= 0.6 is 0 Å². The molecular formula is C29H46F3N3O3. The molecule has 216 valence electrons. The van der Waals surface area contributed by atoms with Crippen molar-refractivity contribution >= 4 is 11.9 Å². The number of allylic oxidation sites excluding steroid dienone is 3. The number of hydrogen-bond acceptors (Lipinski definition) is 5. The van der Waals surface area contributed by atoms with Gasteiger partial charge in [0.15, 0.2) is 5.78 Å². The van der Waals surface area contributed by atoms with Crippen molar-refractivity contribution in [2.45, 2.75) is 104 Å². The van der Waals surface area contributed by atoms with Crippen LogP contribution in [-0.4, -0.2) is 88.7 Å². The number of piperidine rings is 1.